The first-order valence-corrected chi connectivity index (χ1v) is 8.91. The zero-order valence-corrected chi connectivity index (χ0v) is 13.2. The number of hydrogen-bond acceptors (Lipinski definition) is 4. The van der Waals surface area contributed by atoms with Crippen molar-refractivity contribution in [1.29, 1.82) is 0 Å². The molecule has 0 amide bonds. The number of rotatable bonds is 2. The maximum Gasteiger partial charge on any atom is 0.236 e. The quantitative estimate of drug-likeness (QED) is 0.569. The van der Waals surface area contributed by atoms with Crippen LogP contribution in [-0.4, -0.2) is 28.6 Å². The van der Waals surface area contributed by atoms with Gasteiger partial charge >= 0.3 is 0 Å². The predicted molar refractivity (Wildman–Crippen MR) is 90.7 cm³/mol. The molecule has 0 fully saturated rings. The molecule has 0 saturated heterocycles. The first-order valence-electron chi connectivity index (χ1n) is 7.06. The Labute approximate surface area is 133 Å². The average molecular weight is 323 g/mol. The van der Waals surface area contributed by atoms with E-state index in [1.807, 2.05) is 42.5 Å². The highest BCUT2D eigenvalue weighted by Gasteiger charge is 2.17. The van der Waals surface area contributed by atoms with E-state index in [0.717, 1.165) is 27.5 Å². The smallest absolute Gasteiger partial charge is 0.236 e. The molecule has 0 radical (unpaired) electrons. The molecule has 0 aliphatic rings. The minimum absolute atomic E-state index is 0.646. The Hall–Kier alpha value is -2.73. The first-order chi connectivity index (χ1) is 11.1. The third kappa shape index (κ3) is 2.19. The van der Waals surface area contributed by atoms with Gasteiger partial charge in [0.1, 0.15) is 6.33 Å². The zero-order chi connectivity index (χ0) is 16.0. The van der Waals surface area contributed by atoms with Gasteiger partial charge in [0.15, 0.2) is 0 Å². The second-order valence-corrected chi connectivity index (χ2v) is 7.22. The minimum Gasteiger partial charge on any atom is -0.245 e. The lowest BCUT2D eigenvalue weighted by Crippen LogP contribution is -2.07. The van der Waals surface area contributed by atoms with Crippen molar-refractivity contribution in [2.24, 2.45) is 0 Å². The summed E-state index contributed by atoms with van der Waals surface area (Å²) in [6.07, 6.45) is 4.33. The van der Waals surface area contributed by atoms with Crippen LogP contribution in [0, 0.1) is 0 Å². The summed E-state index contributed by atoms with van der Waals surface area (Å²) >= 11 is 0. The van der Waals surface area contributed by atoms with E-state index in [2.05, 4.69) is 9.97 Å². The lowest BCUT2D eigenvalue weighted by molar-refractivity contribution is 0.595. The van der Waals surface area contributed by atoms with Gasteiger partial charge in [0, 0.05) is 22.5 Å². The fourth-order valence-corrected chi connectivity index (χ4v) is 3.65. The largest absolute Gasteiger partial charge is 0.245 e. The molecule has 2 aromatic carbocycles. The standard InChI is InChI=1S/C17H13N3O2S/c1-23(21,22)20-10-14(12-6-3-5-9-16(12)20)17-13-7-2-4-8-15(13)18-11-19-17/h2-11H,1H3. The molecule has 0 bridgehead atoms. The van der Waals surface area contributed by atoms with Gasteiger partial charge in [-0.25, -0.2) is 22.4 Å². The summed E-state index contributed by atoms with van der Waals surface area (Å²) in [7, 11) is -3.40. The van der Waals surface area contributed by atoms with Gasteiger partial charge in [0.25, 0.3) is 0 Å². The summed E-state index contributed by atoms with van der Waals surface area (Å²) in [6, 6.07) is 15.1. The molecule has 2 heterocycles. The Morgan fingerprint density at radius 2 is 1.61 bits per heavy atom. The number of hydrogen-bond donors (Lipinski definition) is 0. The minimum atomic E-state index is -3.40. The number of aromatic nitrogens is 3. The fourth-order valence-electron chi connectivity index (χ4n) is 2.83. The average Bonchev–Trinajstić information content (AvgIpc) is 2.94. The van der Waals surface area contributed by atoms with Crippen LogP contribution in [0.5, 0.6) is 0 Å². The van der Waals surface area contributed by atoms with Crippen molar-refractivity contribution in [2.45, 2.75) is 0 Å². The Bertz CT molecular complexity index is 1140. The van der Waals surface area contributed by atoms with Gasteiger partial charge in [-0.1, -0.05) is 36.4 Å². The van der Waals surface area contributed by atoms with Crippen molar-refractivity contribution in [1.82, 2.24) is 13.9 Å². The molecule has 114 valence electrons. The van der Waals surface area contributed by atoms with Gasteiger partial charge in [-0.05, 0) is 12.1 Å². The molecule has 0 aliphatic carbocycles. The molecule has 0 spiro atoms. The van der Waals surface area contributed by atoms with Gasteiger partial charge in [-0.2, -0.15) is 0 Å². The maximum atomic E-state index is 12.1. The van der Waals surface area contributed by atoms with Crippen LogP contribution in [0.3, 0.4) is 0 Å². The van der Waals surface area contributed by atoms with Crippen molar-refractivity contribution < 1.29 is 8.42 Å². The summed E-state index contributed by atoms with van der Waals surface area (Å²) in [4.78, 5) is 8.67. The van der Waals surface area contributed by atoms with Crippen molar-refractivity contribution >= 4 is 31.8 Å². The SMILES string of the molecule is CS(=O)(=O)n1cc(-c2ncnc3ccccc23)c2ccccc21. The second-order valence-electron chi connectivity index (χ2n) is 5.36. The van der Waals surface area contributed by atoms with Crippen molar-refractivity contribution in [3.05, 3.63) is 61.1 Å². The molecule has 0 saturated carbocycles. The van der Waals surface area contributed by atoms with Gasteiger partial charge in [-0.15, -0.1) is 0 Å². The fraction of sp³-hybridized carbons (Fsp3) is 0.0588. The van der Waals surface area contributed by atoms with E-state index < -0.39 is 10.0 Å². The van der Waals surface area contributed by atoms with Crippen LogP contribution in [0.25, 0.3) is 33.1 Å². The molecule has 4 aromatic rings. The number of para-hydroxylation sites is 2. The highest BCUT2D eigenvalue weighted by atomic mass is 32.2. The van der Waals surface area contributed by atoms with E-state index in [1.165, 1.54) is 16.6 Å². The Balaban J connectivity index is 2.14. The van der Waals surface area contributed by atoms with Crippen LogP contribution < -0.4 is 0 Å². The van der Waals surface area contributed by atoms with E-state index in [0.29, 0.717) is 5.52 Å². The highest BCUT2D eigenvalue weighted by molar-refractivity contribution is 7.89. The molecule has 23 heavy (non-hydrogen) atoms. The highest BCUT2D eigenvalue weighted by Crippen LogP contribution is 2.33. The summed E-state index contributed by atoms with van der Waals surface area (Å²) in [6.45, 7) is 0. The summed E-state index contributed by atoms with van der Waals surface area (Å²) < 4.78 is 25.5. The Morgan fingerprint density at radius 1 is 0.913 bits per heavy atom. The zero-order valence-electron chi connectivity index (χ0n) is 12.3. The topological polar surface area (TPSA) is 64.8 Å². The molecule has 6 heteroatoms. The normalized spacial score (nSPS) is 12.0. The van der Waals surface area contributed by atoms with Crippen molar-refractivity contribution in [2.75, 3.05) is 6.26 Å². The van der Waals surface area contributed by atoms with E-state index in [1.54, 1.807) is 12.3 Å². The molecule has 4 rings (SSSR count). The molecular formula is C17H13N3O2S. The molecule has 0 atom stereocenters. The Kier molecular flexibility index (Phi) is 2.96. The predicted octanol–water partition coefficient (Wildman–Crippen LogP) is 3.06. The molecular weight excluding hydrogens is 310 g/mol. The Morgan fingerprint density at radius 3 is 2.39 bits per heavy atom. The summed E-state index contributed by atoms with van der Waals surface area (Å²) in [5.74, 6) is 0. The van der Waals surface area contributed by atoms with Crippen LogP contribution in [0.1, 0.15) is 0 Å². The van der Waals surface area contributed by atoms with Gasteiger partial charge < -0.3 is 0 Å². The van der Waals surface area contributed by atoms with Crippen LogP contribution in [0.4, 0.5) is 0 Å². The van der Waals surface area contributed by atoms with Crippen LogP contribution in [0.2, 0.25) is 0 Å². The van der Waals surface area contributed by atoms with Crippen LogP contribution in [-0.2, 0) is 10.0 Å². The van der Waals surface area contributed by atoms with E-state index in [9.17, 15) is 8.42 Å². The summed E-state index contributed by atoms with van der Waals surface area (Å²) in [5, 5.41) is 1.74. The number of benzene rings is 2. The van der Waals surface area contributed by atoms with E-state index >= 15 is 0 Å². The van der Waals surface area contributed by atoms with Gasteiger partial charge in [0.05, 0.1) is 23.0 Å². The van der Waals surface area contributed by atoms with Gasteiger partial charge in [0.2, 0.25) is 10.0 Å². The third-order valence-corrected chi connectivity index (χ3v) is 4.85. The first kappa shape index (κ1) is 13.9. The number of fused-ring (bicyclic) bond motifs is 2. The van der Waals surface area contributed by atoms with Gasteiger partial charge in [-0.3, -0.25) is 0 Å². The molecule has 0 N–H and O–H groups in total. The monoisotopic (exact) mass is 323 g/mol. The molecule has 0 unspecified atom stereocenters. The van der Waals surface area contributed by atoms with Crippen molar-refractivity contribution in [3.63, 3.8) is 0 Å². The van der Waals surface area contributed by atoms with Crippen LogP contribution >= 0.6 is 0 Å². The van der Waals surface area contributed by atoms with Crippen molar-refractivity contribution in [3.8, 4) is 11.3 Å². The van der Waals surface area contributed by atoms with E-state index in [-0.39, 0.29) is 0 Å². The molecule has 5 nitrogen and oxygen atoms in total. The van der Waals surface area contributed by atoms with E-state index in [4.69, 9.17) is 0 Å². The molecule has 0 aliphatic heterocycles. The maximum absolute atomic E-state index is 12.1. The summed E-state index contributed by atoms with van der Waals surface area (Å²) in [5.41, 5.74) is 2.99. The van der Waals surface area contributed by atoms with Crippen LogP contribution in [0.15, 0.2) is 61.1 Å². The third-order valence-electron chi connectivity index (χ3n) is 3.83. The molecule has 2 aromatic heterocycles. The second kappa shape index (κ2) is 4.89. The lowest BCUT2D eigenvalue weighted by Gasteiger charge is -2.03. The number of nitrogens with zero attached hydrogens (tertiary/aromatic N) is 3. The lowest BCUT2D eigenvalue weighted by atomic mass is 10.1.